The van der Waals surface area contributed by atoms with Gasteiger partial charge in [0.1, 0.15) is 0 Å². The summed E-state index contributed by atoms with van der Waals surface area (Å²) in [5.74, 6) is 0. The highest BCUT2D eigenvalue weighted by atomic mass is 15.0. The number of benzene rings is 2. The van der Waals surface area contributed by atoms with E-state index < -0.39 is 0 Å². The lowest BCUT2D eigenvalue weighted by Crippen LogP contribution is -2.30. The van der Waals surface area contributed by atoms with Crippen LogP contribution < -0.4 is 10.6 Å². The molecular formula is C21H28N2. The predicted molar refractivity (Wildman–Crippen MR) is 99.2 cm³/mol. The van der Waals surface area contributed by atoms with Crippen LogP contribution in [0.5, 0.6) is 0 Å². The Morgan fingerprint density at radius 1 is 1.00 bits per heavy atom. The molecule has 23 heavy (non-hydrogen) atoms. The normalized spacial score (nSPS) is 12.2. The van der Waals surface area contributed by atoms with Crippen molar-refractivity contribution in [2.24, 2.45) is 0 Å². The van der Waals surface area contributed by atoms with Crippen LogP contribution in [0.2, 0.25) is 0 Å². The van der Waals surface area contributed by atoms with Gasteiger partial charge in [0.15, 0.2) is 0 Å². The van der Waals surface area contributed by atoms with Gasteiger partial charge >= 0.3 is 0 Å². The van der Waals surface area contributed by atoms with Crippen molar-refractivity contribution >= 4 is 0 Å². The van der Waals surface area contributed by atoms with Gasteiger partial charge in [-0.15, -0.1) is 0 Å². The first kappa shape index (κ1) is 17.3. The molecule has 2 aromatic carbocycles. The van der Waals surface area contributed by atoms with Crippen LogP contribution in [-0.2, 0) is 6.54 Å². The standard InChI is InChI=1S/C21H28N2/c1-16(2)23-21(20-13-9-8-10-17(20)3)14-18(4)22-15-19-11-6-5-7-12-19/h5-13,16,21-23H,4,14-15H2,1-3H3. The largest absolute Gasteiger partial charge is 0.385 e. The van der Waals surface area contributed by atoms with Gasteiger partial charge in [0.05, 0.1) is 0 Å². The Morgan fingerprint density at radius 3 is 2.30 bits per heavy atom. The van der Waals surface area contributed by atoms with E-state index in [4.69, 9.17) is 0 Å². The van der Waals surface area contributed by atoms with E-state index in [0.717, 1.165) is 18.7 Å². The van der Waals surface area contributed by atoms with E-state index in [1.54, 1.807) is 0 Å². The van der Waals surface area contributed by atoms with Crippen LogP contribution in [0.3, 0.4) is 0 Å². The van der Waals surface area contributed by atoms with Crippen molar-refractivity contribution in [2.75, 3.05) is 0 Å². The van der Waals surface area contributed by atoms with Gasteiger partial charge in [-0.05, 0) is 23.6 Å². The zero-order chi connectivity index (χ0) is 16.7. The molecule has 2 rings (SSSR count). The Hall–Kier alpha value is -2.06. The zero-order valence-electron chi connectivity index (χ0n) is 14.5. The molecule has 122 valence electrons. The van der Waals surface area contributed by atoms with Gasteiger partial charge in [0.25, 0.3) is 0 Å². The van der Waals surface area contributed by atoms with Crippen molar-refractivity contribution in [3.8, 4) is 0 Å². The van der Waals surface area contributed by atoms with Crippen LogP contribution in [0.1, 0.15) is 43.0 Å². The SMILES string of the molecule is C=C(CC(NC(C)C)c1ccccc1C)NCc1ccccc1. The predicted octanol–water partition coefficient (Wildman–Crippen LogP) is 4.73. The van der Waals surface area contributed by atoms with E-state index in [1.165, 1.54) is 16.7 Å². The molecule has 0 fully saturated rings. The second-order valence-corrected chi connectivity index (χ2v) is 6.38. The Morgan fingerprint density at radius 2 is 1.65 bits per heavy atom. The molecule has 0 aliphatic rings. The van der Waals surface area contributed by atoms with Crippen LogP contribution in [0.25, 0.3) is 0 Å². The highest BCUT2D eigenvalue weighted by Crippen LogP contribution is 2.23. The molecule has 0 amide bonds. The van der Waals surface area contributed by atoms with Crippen molar-refractivity contribution < 1.29 is 0 Å². The third kappa shape index (κ3) is 5.57. The molecule has 0 radical (unpaired) electrons. The average Bonchev–Trinajstić information content (AvgIpc) is 2.53. The van der Waals surface area contributed by atoms with Gasteiger partial charge in [-0.3, -0.25) is 0 Å². The number of aryl methyl sites for hydroxylation is 1. The van der Waals surface area contributed by atoms with E-state index >= 15 is 0 Å². The summed E-state index contributed by atoms with van der Waals surface area (Å²) in [4.78, 5) is 0. The van der Waals surface area contributed by atoms with Gasteiger partial charge in [-0.25, -0.2) is 0 Å². The minimum atomic E-state index is 0.284. The summed E-state index contributed by atoms with van der Waals surface area (Å²) in [5.41, 5.74) is 5.01. The first-order valence-electron chi connectivity index (χ1n) is 8.33. The van der Waals surface area contributed by atoms with Crippen molar-refractivity contribution in [3.63, 3.8) is 0 Å². The molecule has 0 saturated heterocycles. The molecule has 0 heterocycles. The fourth-order valence-corrected chi connectivity index (χ4v) is 2.78. The summed E-state index contributed by atoms with van der Waals surface area (Å²) in [5, 5.41) is 7.12. The number of hydrogen-bond donors (Lipinski definition) is 2. The summed E-state index contributed by atoms with van der Waals surface area (Å²) in [6.07, 6.45) is 0.885. The molecule has 2 heteroatoms. The van der Waals surface area contributed by atoms with Gasteiger partial charge < -0.3 is 10.6 Å². The lowest BCUT2D eigenvalue weighted by atomic mass is 9.97. The lowest BCUT2D eigenvalue weighted by Gasteiger charge is -2.25. The number of rotatable bonds is 8. The molecular weight excluding hydrogens is 280 g/mol. The summed E-state index contributed by atoms with van der Waals surface area (Å²) in [6.45, 7) is 11.6. The Labute approximate surface area is 140 Å². The molecule has 1 atom stereocenters. The van der Waals surface area contributed by atoms with E-state index in [0.29, 0.717) is 6.04 Å². The minimum Gasteiger partial charge on any atom is -0.385 e. The molecule has 1 unspecified atom stereocenters. The second kappa shape index (κ2) is 8.54. The quantitative estimate of drug-likeness (QED) is 0.737. The first-order valence-corrected chi connectivity index (χ1v) is 8.33. The maximum atomic E-state index is 4.22. The van der Waals surface area contributed by atoms with E-state index in [-0.39, 0.29) is 6.04 Å². The zero-order valence-corrected chi connectivity index (χ0v) is 14.5. The molecule has 0 bridgehead atoms. The van der Waals surface area contributed by atoms with Crippen LogP contribution in [0, 0.1) is 6.92 Å². The van der Waals surface area contributed by atoms with Crippen LogP contribution in [0.4, 0.5) is 0 Å². The number of nitrogens with one attached hydrogen (secondary N) is 2. The number of hydrogen-bond acceptors (Lipinski definition) is 2. The van der Waals surface area contributed by atoms with Gasteiger partial charge in [-0.2, -0.15) is 0 Å². The van der Waals surface area contributed by atoms with E-state index in [1.807, 2.05) is 6.07 Å². The highest BCUT2D eigenvalue weighted by Gasteiger charge is 2.15. The van der Waals surface area contributed by atoms with Crippen LogP contribution in [0.15, 0.2) is 66.9 Å². The summed E-state index contributed by atoms with van der Waals surface area (Å²) >= 11 is 0. The highest BCUT2D eigenvalue weighted by molar-refractivity contribution is 5.30. The van der Waals surface area contributed by atoms with Crippen molar-refractivity contribution in [1.82, 2.24) is 10.6 Å². The van der Waals surface area contributed by atoms with Crippen LogP contribution in [-0.4, -0.2) is 6.04 Å². The smallest absolute Gasteiger partial charge is 0.0397 e. The molecule has 0 saturated carbocycles. The Balaban J connectivity index is 2.00. The maximum absolute atomic E-state index is 4.22. The van der Waals surface area contributed by atoms with Gasteiger partial charge in [0, 0.05) is 30.7 Å². The molecule has 0 aliphatic heterocycles. The van der Waals surface area contributed by atoms with Gasteiger partial charge in [0.2, 0.25) is 0 Å². The fourth-order valence-electron chi connectivity index (χ4n) is 2.78. The van der Waals surface area contributed by atoms with Gasteiger partial charge in [-0.1, -0.05) is 75.0 Å². The maximum Gasteiger partial charge on any atom is 0.0397 e. The molecule has 0 aromatic heterocycles. The van der Waals surface area contributed by atoms with Crippen LogP contribution >= 0.6 is 0 Å². The molecule has 2 nitrogen and oxygen atoms in total. The second-order valence-electron chi connectivity index (χ2n) is 6.38. The summed E-state index contributed by atoms with van der Waals surface area (Å²) in [7, 11) is 0. The third-order valence-electron chi connectivity index (χ3n) is 3.93. The topological polar surface area (TPSA) is 24.1 Å². The summed E-state index contributed by atoms with van der Waals surface area (Å²) in [6, 6.07) is 19.7. The lowest BCUT2D eigenvalue weighted by molar-refractivity contribution is 0.463. The first-order chi connectivity index (χ1) is 11.1. The molecule has 2 aromatic rings. The Bertz CT molecular complexity index is 617. The molecule has 0 spiro atoms. The third-order valence-corrected chi connectivity index (χ3v) is 3.93. The minimum absolute atomic E-state index is 0.284. The molecule has 0 aliphatic carbocycles. The van der Waals surface area contributed by atoms with Crippen molar-refractivity contribution in [3.05, 3.63) is 83.6 Å². The average molecular weight is 308 g/mol. The monoisotopic (exact) mass is 308 g/mol. The summed E-state index contributed by atoms with van der Waals surface area (Å²) < 4.78 is 0. The molecule has 2 N–H and O–H groups in total. The van der Waals surface area contributed by atoms with Crippen molar-refractivity contribution in [2.45, 2.75) is 45.8 Å². The van der Waals surface area contributed by atoms with E-state index in [2.05, 4.69) is 86.5 Å². The Kier molecular flexibility index (Phi) is 6.42. The van der Waals surface area contributed by atoms with E-state index in [9.17, 15) is 0 Å². The fraction of sp³-hybridized carbons (Fsp3) is 0.333. The van der Waals surface area contributed by atoms with Crippen molar-refractivity contribution in [1.29, 1.82) is 0 Å².